The van der Waals surface area contributed by atoms with E-state index in [9.17, 15) is 0 Å². The Morgan fingerprint density at radius 1 is 1.31 bits per heavy atom. The van der Waals surface area contributed by atoms with Crippen molar-refractivity contribution < 1.29 is 0 Å². The molecule has 0 saturated heterocycles. The first-order chi connectivity index (χ1) is 6.31. The minimum Gasteiger partial charge on any atom is -0.324 e. The normalized spacial score (nSPS) is 10.6. The molecular formula is C8H7ClN4. The maximum absolute atomic E-state index is 5.88. The molecule has 0 spiro atoms. The van der Waals surface area contributed by atoms with Crippen molar-refractivity contribution >= 4 is 22.6 Å². The minimum absolute atomic E-state index is 0.287. The zero-order valence-electron chi connectivity index (χ0n) is 6.74. The van der Waals surface area contributed by atoms with Crippen LogP contribution in [0.25, 0.3) is 11.0 Å². The first kappa shape index (κ1) is 8.34. The van der Waals surface area contributed by atoms with Gasteiger partial charge < -0.3 is 5.73 Å². The van der Waals surface area contributed by atoms with Crippen LogP contribution in [0.3, 0.4) is 0 Å². The molecule has 5 heteroatoms. The molecule has 0 amide bonds. The van der Waals surface area contributed by atoms with Gasteiger partial charge in [0.1, 0.15) is 5.52 Å². The van der Waals surface area contributed by atoms with E-state index in [4.69, 9.17) is 17.3 Å². The van der Waals surface area contributed by atoms with Crippen LogP contribution in [-0.2, 0) is 6.54 Å². The molecule has 13 heavy (non-hydrogen) atoms. The van der Waals surface area contributed by atoms with E-state index < -0.39 is 0 Å². The fourth-order valence-corrected chi connectivity index (χ4v) is 1.26. The van der Waals surface area contributed by atoms with Gasteiger partial charge >= 0.3 is 0 Å². The molecule has 66 valence electrons. The van der Waals surface area contributed by atoms with Gasteiger partial charge in [0.2, 0.25) is 0 Å². The van der Waals surface area contributed by atoms with E-state index in [-0.39, 0.29) is 6.54 Å². The van der Waals surface area contributed by atoms with E-state index in [1.54, 1.807) is 6.07 Å². The molecule has 2 rings (SSSR count). The summed E-state index contributed by atoms with van der Waals surface area (Å²) in [5.74, 6) is 0.523. The van der Waals surface area contributed by atoms with Gasteiger partial charge in [-0.05, 0) is 12.1 Å². The number of hydrogen-bond donors (Lipinski definition) is 1. The van der Waals surface area contributed by atoms with Crippen LogP contribution in [0.1, 0.15) is 5.82 Å². The lowest BCUT2D eigenvalue weighted by molar-refractivity contribution is 0.859. The summed E-state index contributed by atoms with van der Waals surface area (Å²) >= 11 is 5.88. The monoisotopic (exact) mass is 194 g/mol. The molecule has 1 aromatic heterocycles. The van der Waals surface area contributed by atoms with Gasteiger partial charge in [0.15, 0.2) is 5.82 Å². The third-order valence-electron chi connectivity index (χ3n) is 1.66. The van der Waals surface area contributed by atoms with Gasteiger partial charge in [-0.3, -0.25) is 0 Å². The summed E-state index contributed by atoms with van der Waals surface area (Å²) in [6.07, 6.45) is 0. The van der Waals surface area contributed by atoms with Gasteiger partial charge in [-0.15, -0.1) is 10.2 Å². The van der Waals surface area contributed by atoms with E-state index in [2.05, 4.69) is 15.2 Å². The zero-order chi connectivity index (χ0) is 9.26. The molecule has 0 radical (unpaired) electrons. The summed E-state index contributed by atoms with van der Waals surface area (Å²) in [5.41, 5.74) is 6.72. The molecule has 1 aromatic carbocycles. The number of halogens is 1. The highest BCUT2D eigenvalue weighted by molar-refractivity contribution is 6.34. The van der Waals surface area contributed by atoms with Crippen molar-refractivity contribution in [1.29, 1.82) is 0 Å². The fraction of sp³-hybridized carbons (Fsp3) is 0.125. The summed E-state index contributed by atoms with van der Waals surface area (Å²) in [6, 6.07) is 5.40. The lowest BCUT2D eigenvalue weighted by Gasteiger charge is -1.98. The summed E-state index contributed by atoms with van der Waals surface area (Å²) in [7, 11) is 0. The smallest absolute Gasteiger partial charge is 0.165 e. The lowest BCUT2D eigenvalue weighted by atomic mass is 10.3. The van der Waals surface area contributed by atoms with E-state index >= 15 is 0 Å². The third kappa shape index (κ3) is 1.46. The summed E-state index contributed by atoms with van der Waals surface area (Å²) < 4.78 is 0. The molecule has 2 N–H and O–H groups in total. The van der Waals surface area contributed by atoms with Gasteiger partial charge in [0.05, 0.1) is 17.1 Å². The van der Waals surface area contributed by atoms with Crippen molar-refractivity contribution in [1.82, 2.24) is 15.2 Å². The average Bonchev–Trinajstić information content (AvgIpc) is 2.18. The van der Waals surface area contributed by atoms with Crippen LogP contribution in [0.5, 0.6) is 0 Å². The van der Waals surface area contributed by atoms with Gasteiger partial charge in [-0.1, -0.05) is 17.7 Å². The van der Waals surface area contributed by atoms with Crippen molar-refractivity contribution in [2.24, 2.45) is 5.73 Å². The first-order valence-corrected chi connectivity index (χ1v) is 4.17. The van der Waals surface area contributed by atoms with Gasteiger partial charge in [-0.2, -0.15) is 0 Å². The molecule has 2 aromatic rings. The van der Waals surface area contributed by atoms with Crippen molar-refractivity contribution in [2.45, 2.75) is 6.54 Å². The second-order valence-corrected chi connectivity index (χ2v) is 2.95. The van der Waals surface area contributed by atoms with Gasteiger partial charge in [-0.25, -0.2) is 4.98 Å². The molecule has 0 fully saturated rings. The molecule has 0 unspecified atom stereocenters. The van der Waals surface area contributed by atoms with Crippen LogP contribution in [0, 0.1) is 0 Å². The highest BCUT2D eigenvalue weighted by Crippen LogP contribution is 2.18. The number of hydrogen-bond acceptors (Lipinski definition) is 4. The quantitative estimate of drug-likeness (QED) is 0.740. The predicted molar refractivity (Wildman–Crippen MR) is 50.2 cm³/mol. The average molecular weight is 195 g/mol. The standard InChI is InChI=1S/C8H7ClN4/c9-5-2-1-3-6-8(5)13-12-7(4-10)11-6/h1-3H,4,10H2. The number of nitrogens with two attached hydrogens (primary N) is 1. The molecule has 0 atom stereocenters. The topological polar surface area (TPSA) is 64.7 Å². The second kappa shape index (κ2) is 3.24. The van der Waals surface area contributed by atoms with Crippen LogP contribution in [-0.4, -0.2) is 15.2 Å². The molecule has 1 heterocycles. The van der Waals surface area contributed by atoms with Crippen LogP contribution >= 0.6 is 11.6 Å². The van der Waals surface area contributed by atoms with E-state index in [1.807, 2.05) is 12.1 Å². The highest BCUT2D eigenvalue weighted by Gasteiger charge is 2.02. The van der Waals surface area contributed by atoms with Crippen LogP contribution in [0.2, 0.25) is 5.02 Å². The summed E-state index contributed by atoms with van der Waals surface area (Å²) in [4.78, 5) is 4.17. The van der Waals surface area contributed by atoms with Crippen molar-refractivity contribution in [3.63, 3.8) is 0 Å². The Morgan fingerprint density at radius 2 is 2.15 bits per heavy atom. The Kier molecular flexibility index (Phi) is 2.08. The number of rotatable bonds is 1. The van der Waals surface area contributed by atoms with Crippen LogP contribution in [0.15, 0.2) is 18.2 Å². The number of nitrogens with zero attached hydrogens (tertiary/aromatic N) is 3. The minimum atomic E-state index is 0.287. The molecule has 4 nitrogen and oxygen atoms in total. The molecule has 0 bridgehead atoms. The zero-order valence-corrected chi connectivity index (χ0v) is 7.49. The fourth-order valence-electron chi connectivity index (χ4n) is 1.05. The second-order valence-electron chi connectivity index (χ2n) is 2.54. The molecule has 0 aliphatic rings. The number of benzene rings is 1. The largest absolute Gasteiger partial charge is 0.324 e. The lowest BCUT2D eigenvalue weighted by Crippen LogP contribution is -2.04. The molecule has 0 saturated carbocycles. The Bertz CT molecular complexity index is 443. The summed E-state index contributed by atoms with van der Waals surface area (Å²) in [6.45, 7) is 0.287. The van der Waals surface area contributed by atoms with E-state index in [0.717, 1.165) is 5.52 Å². The maximum atomic E-state index is 5.88. The molecular weight excluding hydrogens is 188 g/mol. The van der Waals surface area contributed by atoms with Crippen LogP contribution < -0.4 is 5.73 Å². The SMILES string of the molecule is NCc1nnc2c(Cl)cccc2n1. The Morgan fingerprint density at radius 3 is 2.92 bits per heavy atom. The van der Waals surface area contributed by atoms with E-state index in [0.29, 0.717) is 16.4 Å². The van der Waals surface area contributed by atoms with E-state index in [1.165, 1.54) is 0 Å². The maximum Gasteiger partial charge on any atom is 0.165 e. The molecule has 0 aliphatic heterocycles. The highest BCUT2D eigenvalue weighted by atomic mass is 35.5. The number of fused-ring (bicyclic) bond motifs is 1. The predicted octanol–water partition coefficient (Wildman–Crippen LogP) is 1.14. The van der Waals surface area contributed by atoms with Crippen molar-refractivity contribution in [2.75, 3.05) is 0 Å². The Balaban J connectivity index is 2.72. The third-order valence-corrected chi connectivity index (χ3v) is 1.97. The Labute approximate surface area is 79.7 Å². The number of aromatic nitrogens is 3. The van der Waals surface area contributed by atoms with Crippen molar-refractivity contribution in [3.05, 3.63) is 29.0 Å². The van der Waals surface area contributed by atoms with Gasteiger partial charge in [0, 0.05) is 0 Å². The van der Waals surface area contributed by atoms with Gasteiger partial charge in [0.25, 0.3) is 0 Å². The molecule has 0 aliphatic carbocycles. The first-order valence-electron chi connectivity index (χ1n) is 3.79. The van der Waals surface area contributed by atoms with Crippen LogP contribution in [0.4, 0.5) is 0 Å². The summed E-state index contributed by atoms with van der Waals surface area (Å²) in [5, 5.41) is 8.30. The van der Waals surface area contributed by atoms with Crippen molar-refractivity contribution in [3.8, 4) is 0 Å². The Hall–Kier alpha value is -1.26.